The molecule has 1 aliphatic rings. The molecule has 5 nitrogen and oxygen atoms in total. The Bertz CT molecular complexity index is 966. The first kappa shape index (κ1) is 15.1. The number of hydrogen-bond donors (Lipinski definition) is 1. The summed E-state index contributed by atoms with van der Waals surface area (Å²) in [6.07, 6.45) is 2.08. The molecule has 0 unspecified atom stereocenters. The molecule has 1 saturated carbocycles. The number of nitrogens with zero attached hydrogens (tertiary/aromatic N) is 2. The Morgan fingerprint density at radius 3 is 2.88 bits per heavy atom. The normalized spacial score (nSPS) is 14.1. The zero-order valence-corrected chi connectivity index (χ0v) is 13.5. The Morgan fingerprint density at radius 2 is 2.17 bits per heavy atom. The fourth-order valence-corrected chi connectivity index (χ4v) is 2.82. The molecule has 0 atom stereocenters. The molecule has 1 aromatic carbocycles. The third kappa shape index (κ3) is 2.63. The van der Waals surface area contributed by atoms with Crippen LogP contribution in [0.5, 0.6) is 0 Å². The van der Waals surface area contributed by atoms with E-state index in [0.29, 0.717) is 28.3 Å². The van der Waals surface area contributed by atoms with Crippen LogP contribution in [0.1, 0.15) is 40.5 Å². The molecule has 2 heterocycles. The summed E-state index contributed by atoms with van der Waals surface area (Å²) < 4.78 is 19.1. The van der Waals surface area contributed by atoms with Crippen molar-refractivity contribution in [1.82, 2.24) is 10.1 Å². The SMILES string of the molecule is Cc1noc2nc(C3CC3)cc(C(=O)Nc3ccc(Cl)cc3F)c12. The summed E-state index contributed by atoms with van der Waals surface area (Å²) in [4.78, 5) is 17.1. The molecule has 4 rings (SSSR count). The number of benzene rings is 1. The number of rotatable bonds is 3. The molecule has 1 aliphatic carbocycles. The van der Waals surface area contributed by atoms with Crippen molar-refractivity contribution in [3.8, 4) is 0 Å². The quantitative estimate of drug-likeness (QED) is 0.761. The number of anilines is 1. The van der Waals surface area contributed by atoms with Crippen LogP contribution in [-0.2, 0) is 0 Å². The Labute approximate surface area is 141 Å². The number of nitrogens with one attached hydrogen (secondary N) is 1. The lowest BCUT2D eigenvalue weighted by molar-refractivity contribution is 0.102. The summed E-state index contributed by atoms with van der Waals surface area (Å²) >= 11 is 5.74. The molecule has 0 aliphatic heterocycles. The van der Waals surface area contributed by atoms with Gasteiger partial charge in [0.15, 0.2) is 0 Å². The summed E-state index contributed by atoms with van der Waals surface area (Å²) in [7, 11) is 0. The van der Waals surface area contributed by atoms with Crippen LogP contribution >= 0.6 is 11.6 Å². The van der Waals surface area contributed by atoms with Crippen LogP contribution in [0.25, 0.3) is 11.1 Å². The van der Waals surface area contributed by atoms with E-state index in [1.165, 1.54) is 12.1 Å². The van der Waals surface area contributed by atoms with Gasteiger partial charge >= 0.3 is 0 Å². The smallest absolute Gasteiger partial charge is 0.259 e. The predicted octanol–water partition coefficient (Wildman–Crippen LogP) is 4.45. The summed E-state index contributed by atoms with van der Waals surface area (Å²) in [6.45, 7) is 1.74. The highest BCUT2D eigenvalue weighted by Gasteiger charge is 2.28. The van der Waals surface area contributed by atoms with E-state index in [9.17, 15) is 9.18 Å². The van der Waals surface area contributed by atoms with E-state index < -0.39 is 11.7 Å². The summed E-state index contributed by atoms with van der Waals surface area (Å²) in [6, 6.07) is 5.84. The number of aromatic nitrogens is 2. The molecule has 1 fully saturated rings. The molecule has 122 valence electrons. The first-order valence-corrected chi connectivity index (χ1v) is 7.94. The number of carbonyl (C=O) groups is 1. The minimum atomic E-state index is -0.592. The fourth-order valence-electron chi connectivity index (χ4n) is 2.66. The number of carbonyl (C=O) groups excluding carboxylic acids is 1. The van der Waals surface area contributed by atoms with E-state index in [0.717, 1.165) is 24.6 Å². The molecule has 1 N–H and O–H groups in total. The van der Waals surface area contributed by atoms with E-state index in [4.69, 9.17) is 16.1 Å². The van der Waals surface area contributed by atoms with Gasteiger partial charge in [0, 0.05) is 16.6 Å². The number of amides is 1. The average Bonchev–Trinajstić information content (AvgIpc) is 3.33. The zero-order valence-electron chi connectivity index (χ0n) is 12.8. The number of aryl methyl sites for hydroxylation is 1. The molecule has 2 aromatic heterocycles. The van der Waals surface area contributed by atoms with Crippen LogP contribution in [0.4, 0.5) is 10.1 Å². The summed E-state index contributed by atoms with van der Waals surface area (Å²) in [5.74, 6) is -0.680. The molecule has 7 heteroatoms. The number of halogens is 2. The zero-order chi connectivity index (χ0) is 16.8. The second-order valence-electron chi connectivity index (χ2n) is 5.90. The highest BCUT2D eigenvalue weighted by molar-refractivity contribution is 6.30. The molecule has 1 amide bonds. The minimum Gasteiger partial charge on any atom is -0.336 e. The van der Waals surface area contributed by atoms with Gasteiger partial charge in [-0.3, -0.25) is 4.79 Å². The Balaban J connectivity index is 1.76. The third-order valence-corrected chi connectivity index (χ3v) is 4.29. The molecular weight excluding hydrogens is 333 g/mol. The topological polar surface area (TPSA) is 68.0 Å². The van der Waals surface area contributed by atoms with Crippen molar-refractivity contribution in [2.24, 2.45) is 0 Å². The van der Waals surface area contributed by atoms with E-state index in [-0.39, 0.29) is 10.7 Å². The van der Waals surface area contributed by atoms with Crippen molar-refractivity contribution >= 4 is 34.3 Å². The first-order chi connectivity index (χ1) is 11.5. The second kappa shape index (κ2) is 5.56. The molecule has 0 bridgehead atoms. The van der Waals surface area contributed by atoms with Crippen molar-refractivity contribution in [3.63, 3.8) is 0 Å². The number of pyridine rings is 1. The summed E-state index contributed by atoms with van der Waals surface area (Å²) in [5, 5.41) is 7.28. The molecule has 24 heavy (non-hydrogen) atoms. The van der Waals surface area contributed by atoms with Crippen LogP contribution in [0.2, 0.25) is 5.02 Å². The molecule has 0 radical (unpaired) electrons. The number of hydrogen-bond acceptors (Lipinski definition) is 4. The number of fused-ring (bicyclic) bond motifs is 1. The van der Waals surface area contributed by atoms with E-state index in [2.05, 4.69) is 15.5 Å². The van der Waals surface area contributed by atoms with Gasteiger partial charge in [0.2, 0.25) is 0 Å². The van der Waals surface area contributed by atoms with Gasteiger partial charge in [0.25, 0.3) is 11.6 Å². The monoisotopic (exact) mass is 345 g/mol. The lowest BCUT2D eigenvalue weighted by atomic mass is 10.1. The molecule has 0 spiro atoms. The first-order valence-electron chi connectivity index (χ1n) is 7.56. The van der Waals surface area contributed by atoms with Crippen LogP contribution in [0.15, 0.2) is 28.8 Å². The third-order valence-electron chi connectivity index (χ3n) is 4.06. The maximum atomic E-state index is 13.9. The van der Waals surface area contributed by atoms with Crippen LogP contribution in [-0.4, -0.2) is 16.0 Å². The largest absolute Gasteiger partial charge is 0.336 e. The van der Waals surface area contributed by atoms with Gasteiger partial charge in [-0.1, -0.05) is 16.8 Å². The van der Waals surface area contributed by atoms with Crippen molar-refractivity contribution < 1.29 is 13.7 Å². The van der Waals surface area contributed by atoms with Crippen molar-refractivity contribution in [1.29, 1.82) is 0 Å². The van der Waals surface area contributed by atoms with Crippen LogP contribution < -0.4 is 5.32 Å². The maximum absolute atomic E-state index is 13.9. The molecule has 3 aromatic rings. The van der Waals surface area contributed by atoms with E-state index >= 15 is 0 Å². The van der Waals surface area contributed by atoms with Crippen molar-refractivity contribution in [2.45, 2.75) is 25.7 Å². The van der Waals surface area contributed by atoms with Crippen LogP contribution in [0.3, 0.4) is 0 Å². The highest BCUT2D eigenvalue weighted by atomic mass is 35.5. The second-order valence-corrected chi connectivity index (χ2v) is 6.33. The Morgan fingerprint density at radius 1 is 1.38 bits per heavy atom. The fraction of sp³-hybridized carbons (Fsp3) is 0.235. The predicted molar refractivity (Wildman–Crippen MR) is 87.9 cm³/mol. The van der Waals surface area contributed by atoms with Gasteiger partial charge in [-0.25, -0.2) is 9.37 Å². The van der Waals surface area contributed by atoms with Crippen molar-refractivity contribution in [3.05, 3.63) is 52.1 Å². The molecular formula is C17H13ClFN3O2. The van der Waals surface area contributed by atoms with E-state index in [1.807, 2.05) is 0 Å². The van der Waals surface area contributed by atoms with Crippen molar-refractivity contribution in [2.75, 3.05) is 5.32 Å². The van der Waals surface area contributed by atoms with Gasteiger partial charge < -0.3 is 9.84 Å². The maximum Gasteiger partial charge on any atom is 0.259 e. The average molecular weight is 346 g/mol. The van der Waals surface area contributed by atoms with Gasteiger partial charge in [0.1, 0.15) is 5.82 Å². The molecule has 0 saturated heterocycles. The lowest BCUT2D eigenvalue weighted by Gasteiger charge is -2.09. The summed E-state index contributed by atoms with van der Waals surface area (Å²) in [5.41, 5.74) is 2.16. The lowest BCUT2D eigenvalue weighted by Crippen LogP contribution is -2.14. The van der Waals surface area contributed by atoms with Crippen LogP contribution in [0, 0.1) is 12.7 Å². The standard InChI is InChI=1S/C17H13ClFN3O2/c1-8-15-11(7-14(9-2-3-9)21-17(15)24-22-8)16(23)20-13-5-4-10(18)6-12(13)19/h4-7,9H,2-3H2,1H3,(H,20,23). The van der Waals surface area contributed by atoms with Gasteiger partial charge in [-0.2, -0.15) is 0 Å². The van der Waals surface area contributed by atoms with Gasteiger partial charge in [-0.15, -0.1) is 0 Å². The Kier molecular flexibility index (Phi) is 3.49. The van der Waals surface area contributed by atoms with E-state index in [1.54, 1.807) is 13.0 Å². The highest BCUT2D eigenvalue weighted by Crippen LogP contribution is 2.40. The minimum absolute atomic E-state index is 0.0661. The van der Waals surface area contributed by atoms with Gasteiger partial charge in [-0.05, 0) is 44.0 Å². The Hall–Kier alpha value is -2.47. The van der Waals surface area contributed by atoms with Gasteiger partial charge in [0.05, 0.1) is 22.3 Å².